The Morgan fingerprint density at radius 3 is 2.22 bits per heavy atom. The number of halogens is 2. The molecule has 0 spiro atoms. The first-order chi connectivity index (χ1) is 8.62. The lowest BCUT2D eigenvalue weighted by Crippen LogP contribution is -2.26. The first-order valence-corrected chi connectivity index (χ1v) is 7.56. The van der Waals surface area contributed by atoms with Crippen LogP contribution in [0.15, 0.2) is 18.2 Å². The van der Waals surface area contributed by atoms with Gasteiger partial charge in [0.25, 0.3) is 0 Å². The molecule has 0 bridgehead atoms. The fourth-order valence-corrected chi connectivity index (χ4v) is 2.68. The molecule has 0 heterocycles. The van der Waals surface area contributed by atoms with Gasteiger partial charge in [-0.05, 0) is 36.6 Å². The summed E-state index contributed by atoms with van der Waals surface area (Å²) in [5.41, 5.74) is 1.15. The number of hydrogen-bond acceptors (Lipinski definition) is 1. The van der Waals surface area contributed by atoms with Crippen LogP contribution in [0.4, 0.5) is 0 Å². The Balaban J connectivity index is 2.71. The van der Waals surface area contributed by atoms with Crippen LogP contribution in [0.2, 0.25) is 10.0 Å². The highest BCUT2D eigenvalue weighted by Crippen LogP contribution is 2.28. The van der Waals surface area contributed by atoms with Crippen molar-refractivity contribution in [1.29, 1.82) is 0 Å². The molecule has 1 atom stereocenters. The maximum atomic E-state index is 6.26. The molecule has 102 valence electrons. The molecule has 1 aromatic rings. The molecule has 1 aromatic carbocycles. The summed E-state index contributed by atoms with van der Waals surface area (Å²) in [6.07, 6.45) is 3.46. The minimum Gasteiger partial charge on any atom is -0.310 e. The van der Waals surface area contributed by atoms with Crippen molar-refractivity contribution in [1.82, 2.24) is 5.32 Å². The van der Waals surface area contributed by atoms with E-state index in [9.17, 15) is 0 Å². The van der Waals surface area contributed by atoms with Crippen LogP contribution >= 0.6 is 23.2 Å². The van der Waals surface area contributed by atoms with Gasteiger partial charge in [-0.1, -0.05) is 62.9 Å². The highest BCUT2D eigenvalue weighted by atomic mass is 35.5. The van der Waals surface area contributed by atoms with Crippen molar-refractivity contribution in [3.63, 3.8) is 0 Å². The van der Waals surface area contributed by atoms with Gasteiger partial charge in [-0.2, -0.15) is 0 Å². The summed E-state index contributed by atoms with van der Waals surface area (Å²) in [5.74, 6) is 0.741. The average molecular weight is 288 g/mol. The number of nitrogens with one attached hydrogen (secondary N) is 1. The van der Waals surface area contributed by atoms with Crippen LogP contribution in [0, 0.1) is 5.92 Å². The Bertz CT molecular complexity index is 362. The van der Waals surface area contributed by atoms with E-state index in [1.54, 1.807) is 0 Å². The normalized spacial score (nSPS) is 13.0. The highest BCUT2D eigenvalue weighted by molar-refractivity contribution is 6.35. The molecule has 1 rings (SSSR count). The lowest BCUT2D eigenvalue weighted by Gasteiger charge is -2.22. The Labute approximate surface area is 121 Å². The Morgan fingerprint density at radius 1 is 1.06 bits per heavy atom. The van der Waals surface area contributed by atoms with Crippen LogP contribution in [-0.4, -0.2) is 6.54 Å². The van der Waals surface area contributed by atoms with Gasteiger partial charge in [0.05, 0.1) is 0 Å². The molecule has 0 radical (unpaired) electrons. The topological polar surface area (TPSA) is 12.0 Å². The van der Waals surface area contributed by atoms with E-state index in [0.29, 0.717) is 11.1 Å². The summed E-state index contributed by atoms with van der Waals surface area (Å²) in [6, 6.07) is 6.07. The van der Waals surface area contributed by atoms with Crippen LogP contribution in [-0.2, 0) is 0 Å². The third kappa shape index (κ3) is 4.46. The van der Waals surface area contributed by atoms with E-state index in [4.69, 9.17) is 23.2 Å². The predicted molar refractivity (Wildman–Crippen MR) is 81.6 cm³/mol. The summed E-state index contributed by atoms with van der Waals surface area (Å²) in [7, 11) is 0. The van der Waals surface area contributed by atoms with Crippen molar-refractivity contribution >= 4 is 23.2 Å². The van der Waals surface area contributed by atoms with Gasteiger partial charge in [-0.25, -0.2) is 0 Å². The van der Waals surface area contributed by atoms with E-state index < -0.39 is 0 Å². The van der Waals surface area contributed by atoms with Gasteiger partial charge in [0, 0.05) is 16.1 Å². The second kappa shape index (κ2) is 8.04. The molecular formula is C15H23Cl2N. The van der Waals surface area contributed by atoms with Crippen LogP contribution in [0.3, 0.4) is 0 Å². The monoisotopic (exact) mass is 287 g/mol. The Kier molecular flexibility index (Phi) is 7.06. The van der Waals surface area contributed by atoms with Crippen molar-refractivity contribution in [3.8, 4) is 0 Å². The molecule has 3 heteroatoms. The van der Waals surface area contributed by atoms with E-state index in [0.717, 1.165) is 29.5 Å². The smallest absolute Gasteiger partial charge is 0.0468 e. The standard InChI is InChI=1S/C15H23Cl2N/c1-4-11(5-2)10-18-15(6-3)13-8-7-12(16)9-14(13)17/h7-9,11,15,18H,4-6,10H2,1-3H3. The van der Waals surface area contributed by atoms with Gasteiger partial charge < -0.3 is 5.32 Å². The molecule has 0 saturated carbocycles. The van der Waals surface area contributed by atoms with Gasteiger partial charge in [0.15, 0.2) is 0 Å². The minimum absolute atomic E-state index is 0.315. The molecule has 0 aliphatic carbocycles. The van der Waals surface area contributed by atoms with E-state index >= 15 is 0 Å². The molecule has 0 amide bonds. The molecule has 0 saturated heterocycles. The quantitative estimate of drug-likeness (QED) is 0.701. The molecule has 1 N–H and O–H groups in total. The van der Waals surface area contributed by atoms with Crippen LogP contribution < -0.4 is 5.32 Å². The average Bonchev–Trinajstić information content (AvgIpc) is 2.36. The molecule has 1 unspecified atom stereocenters. The second-order valence-electron chi connectivity index (χ2n) is 4.72. The highest BCUT2D eigenvalue weighted by Gasteiger charge is 2.14. The van der Waals surface area contributed by atoms with E-state index in [2.05, 4.69) is 26.1 Å². The van der Waals surface area contributed by atoms with Crippen LogP contribution in [0.5, 0.6) is 0 Å². The first-order valence-electron chi connectivity index (χ1n) is 6.80. The molecule has 1 nitrogen and oxygen atoms in total. The predicted octanol–water partition coefficient (Wildman–Crippen LogP) is 5.47. The molecular weight excluding hydrogens is 265 g/mol. The van der Waals surface area contributed by atoms with Crippen molar-refractivity contribution in [2.45, 2.75) is 46.1 Å². The van der Waals surface area contributed by atoms with E-state index in [1.807, 2.05) is 18.2 Å². The summed E-state index contributed by atoms with van der Waals surface area (Å²) in [4.78, 5) is 0. The van der Waals surface area contributed by atoms with Crippen LogP contribution in [0.1, 0.15) is 51.6 Å². The third-order valence-corrected chi connectivity index (χ3v) is 4.12. The molecule has 0 aliphatic heterocycles. The zero-order valence-corrected chi connectivity index (χ0v) is 13.0. The molecule has 0 aromatic heterocycles. The van der Waals surface area contributed by atoms with Crippen molar-refractivity contribution in [3.05, 3.63) is 33.8 Å². The maximum Gasteiger partial charge on any atom is 0.0468 e. The van der Waals surface area contributed by atoms with Gasteiger partial charge >= 0.3 is 0 Å². The van der Waals surface area contributed by atoms with Crippen molar-refractivity contribution < 1.29 is 0 Å². The summed E-state index contributed by atoms with van der Waals surface area (Å²) in [5, 5.41) is 5.07. The van der Waals surface area contributed by atoms with Crippen LogP contribution in [0.25, 0.3) is 0 Å². The maximum absolute atomic E-state index is 6.26. The zero-order chi connectivity index (χ0) is 13.5. The second-order valence-corrected chi connectivity index (χ2v) is 5.56. The lowest BCUT2D eigenvalue weighted by atomic mass is 10.0. The summed E-state index contributed by atoms with van der Waals surface area (Å²) < 4.78 is 0. The largest absolute Gasteiger partial charge is 0.310 e. The summed E-state index contributed by atoms with van der Waals surface area (Å²) >= 11 is 12.2. The minimum atomic E-state index is 0.315. The van der Waals surface area contributed by atoms with E-state index in [1.165, 1.54) is 12.8 Å². The van der Waals surface area contributed by atoms with Gasteiger partial charge in [-0.3, -0.25) is 0 Å². The third-order valence-electron chi connectivity index (χ3n) is 3.55. The van der Waals surface area contributed by atoms with Gasteiger partial charge in [0.1, 0.15) is 0 Å². The SMILES string of the molecule is CCC(CC)CNC(CC)c1ccc(Cl)cc1Cl. The van der Waals surface area contributed by atoms with Gasteiger partial charge in [-0.15, -0.1) is 0 Å². The fourth-order valence-electron chi connectivity index (χ4n) is 2.14. The summed E-state index contributed by atoms with van der Waals surface area (Å²) in [6.45, 7) is 7.71. The zero-order valence-electron chi connectivity index (χ0n) is 11.5. The Hall–Kier alpha value is -0.240. The first kappa shape index (κ1) is 15.8. The number of rotatable bonds is 7. The van der Waals surface area contributed by atoms with Crippen molar-refractivity contribution in [2.24, 2.45) is 5.92 Å². The van der Waals surface area contributed by atoms with E-state index in [-0.39, 0.29) is 0 Å². The number of hydrogen-bond donors (Lipinski definition) is 1. The molecule has 0 aliphatic rings. The molecule has 18 heavy (non-hydrogen) atoms. The fraction of sp³-hybridized carbons (Fsp3) is 0.600. The Morgan fingerprint density at radius 2 is 1.72 bits per heavy atom. The van der Waals surface area contributed by atoms with Gasteiger partial charge in [0.2, 0.25) is 0 Å². The lowest BCUT2D eigenvalue weighted by molar-refractivity contribution is 0.406. The molecule has 0 fully saturated rings. The van der Waals surface area contributed by atoms with Crippen molar-refractivity contribution in [2.75, 3.05) is 6.54 Å². The number of benzene rings is 1.